The first kappa shape index (κ1) is 13.4. The van der Waals surface area contributed by atoms with Gasteiger partial charge in [-0.25, -0.2) is 0 Å². The third-order valence-electron chi connectivity index (χ3n) is 4.92. The first-order chi connectivity index (χ1) is 7.97. The van der Waals surface area contributed by atoms with Crippen LogP contribution >= 0.6 is 0 Å². The van der Waals surface area contributed by atoms with Gasteiger partial charge in [0.1, 0.15) is 0 Å². The maximum atomic E-state index is 3.70. The van der Waals surface area contributed by atoms with Crippen molar-refractivity contribution in [2.45, 2.75) is 83.3 Å². The van der Waals surface area contributed by atoms with E-state index in [9.17, 15) is 0 Å². The minimum atomic E-state index is 0.284. The number of nitrogens with one attached hydrogen (secondary N) is 1. The van der Waals surface area contributed by atoms with Crippen molar-refractivity contribution in [2.75, 3.05) is 13.1 Å². The van der Waals surface area contributed by atoms with Crippen LogP contribution in [0.3, 0.4) is 0 Å². The Hall–Kier alpha value is -0.0800. The van der Waals surface area contributed by atoms with Crippen molar-refractivity contribution in [3.63, 3.8) is 0 Å². The van der Waals surface area contributed by atoms with E-state index in [1.54, 1.807) is 0 Å². The Labute approximate surface area is 107 Å². The van der Waals surface area contributed by atoms with Gasteiger partial charge < -0.3 is 5.32 Å². The van der Waals surface area contributed by atoms with Crippen LogP contribution in [0.4, 0.5) is 0 Å². The summed E-state index contributed by atoms with van der Waals surface area (Å²) < 4.78 is 0. The molecule has 1 atom stereocenters. The zero-order valence-corrected chi connectivity index (χ0v) is 12.2. The van der Waals surface area contributed by atoms with Crippen molar-refractivity contribution in [3.8, 4) is 0 Å². The van der Waals surface area contributed by atoms with Crippen LogP contribution in [0.25, 0.3) is 0 Å². The predicted octanol–water partition coefficient (Wildman–Crippen LogP) is 3.17. The Bertz CT molecular complexity index is 254. The van der Waals surface area contributed by atoms with Crippen LogP contribution in [-0.4, -0.2) is 35.1 Å². The van der Waals surface area contributed by atoms with Gasteiger partial charge in [-0.1, -0.05) is 26.2 Å². The maximum Gasteiger partial charge on any atom is 0.0253 e. The Balaban J connectivity index is 2.13. The highest BCUT2D eigenvalue weighted by molar-refractivity contribution is 5.00. The molecular formula is C15H30N2. The van der Waals surface area contributed by atoms with Crippen LogP contribution in [0.1, 0.15) is 66.2 Å². The lowest BCUT2D eigenvalue weighted by Crippen LogP contribution is -2.67. The predicted molar refractivity (Wildman–Crippen MR) is 74.4 cm³/mol. The molecule has 1 saturated heterocycles. The molecule has 17 heavy (non-hydrogen) atoms. The molecule has 100 valence electrons. The van der Waals surface area contributed by atoms with Gasteiger partial charge in [0.25, 0.3) is 0 Å². The van der Waals surface area contributed by atoms with Gasteiger partial charge in [0, 0.05) is 30.2 Å². The Morgan fingerprint density at radius 1 is 1.12 bits per heavy atom. The molecule has 1 unspecified atom stereocenters. The highest BCUT2D eigenvalue weighted by Gasteiger charge is 2.42. The quantitative estimate of drug-likeness (QED) is 0.795. The van der Waals surface area contributed by atoms with Crippen LogP contribution in [-0.2, 0) is 0 Å². The fourth-order valence-corrected chi connectivity index (χ4v) is 3.71. The van der Waals surface area contributed by atoms with Gasteiger partial charge in [0.2, 0.25) is 0 Å². The van der Waals surface area contributed by atoms with E-state index in [1.165, 1.54) is 51.6 Å². The number of hydrogen-bond acceptors (Lipinski definition) is 2. The molecule has 2 nitrogen and oxygen atoms in total. The van der Waals surface area contributed by atoms with E-state index in [1.807, 2.05) is 0 Å². The Morgan fingerprint density at radius 3 is 2.35 bits per heavy atom. The van der Waals surface area contributed by atoms with E-state index in [2.05, 4.69) is 37.9 Å². The van der Waals surface area contributed by atoms with Gasteiger partial charge in [-0.05, 0) is 40.0 Å². The van der Waals surface area contributed by atoms with E-state index in [-0.39, 0.29) is 5.54 Å². The molecule has 0 aromatic heterocycles. The van der Waals surface area contributed by atoms with Crippen molar-refractivity contribution >= 4 is 0 Å². The molecule has 0 spiro atoms. The largest absolute Gasteiger partial charge is 0.309 e. The number of nitrogens with zero attached hydrogens (tertiary/aromatic N) is 1. The summed E-state index contributed by atoms with van der Waals surface area (Å²) in [6.45, 7) is 11.9. The van der Waals surface area contributed by atoms with Crippen molar-refractivity contribution in [2.24, 2.45) is 0 Å². The normalized spacial score (nSPS) is 33.5. The summed E-state index contributed by atoms with van der Waals surface area (Å²) in [5.74, 6) is 0. The van der Waals surface area contributed by atoms with Crippen molar-refractivity contribution < 1.29 is 0 Å². The molecule has 1 aliphatic carbocycles. The molecule has 2 heteroatoms. The molecule has 2 fully saturated rings. The molecule has 0 amide bonds. The van der Waals surface area contributed by atoms with Gasteiger partial charge in [-0.15, -0.1) is 0 Å². The second-order valence-corrected chi connectivity index (χ2v) is 7.01. The summed E-state index contributed by atoms with van der Waals surface area (Å²) in [6, 6.07) is 0.742. The first-order valence-electron chi connectivity index (χ1n) is 7.49. The van der Waals surface area contributed by atoms with Gasteiger partial charge in [0.05, 0.1) is 0 Å². The molecule has 0 radical (unpaired) electrons. The molecular weight excluding hydrogens is 208 g/mol. The molecule has 0 aromatic rings. The zero-order chi connectivity index (χ0) is 12.5. The first-order valence-corrected chi connectivity index (χ1v) is 7.49. The third kappa shape index (κ3) is 2.85. The van der Waals surface area contributed by atoms with E-state index < -0.39 is 0 Å². The van der Waals surface area contributed by atoms with Gasteiger partial charge >= 0.3 is 0 Å². The standard InChI is InChI=1S/C15H30N2/c1-5-13-11-16-14(2,3)12-17(13)15(4)9-7-6-8-10-15/h13,16H,5-12H2,1-4H3. The second kappa shape index (κ2) is 4.89. The summed E-state index contributed by atoms with van der Waals surface area (Å²) in [6.07, 6.45) is 8.38. The summed E-state index contributed by atoms with van der Waals surface area (Å²) >= 11 is 0. The number of hydrogen-bond donors (Lipinski definition) is 1. The van der Waals surface area contributed by atoms with E-state index in [0.29, 0.717) is 5.54 Å². The van der Waals surface area contributed by atoms with Crippen molar-refractivity contribution in [3.05, 3.63) is 0 Å². The molecule has 1 heterocycles. The molecule has 2 aliphatic rings. The topological polar surface area (TPSA) is 15.3 Å². The average Bonchev–Trinajstić information content (AvgIpc) is 2.29. The van der Waals surface area contributed by atoms with Gasteiger partial charge in [-0.3, -0.25) is 4.90 Å². The molecule has 1 saturated carbocycles. The van der Waals surface area contributed by atoms with Crippen molar-refractivity contribution in [1.82, 2.24) is 10.2 Å². The van der Waals surface area contributed by atoms with E-state index in [0.717, 1.165) is 6.04 Å². The minimum absolute atomic E-state index is 0.284. The van der Waals surface area contributed by atoms with Crippen molar-refractivity contribution in [1.29, 1.82) is 0 Å². The lowest BCUT2D eigenvalue weighted by Gasteiger charge is -2.54. The van der Waals surface area contributed by atoms with Crippen LogP contribution in [0, 0.1) is 0 Å². The summed E-state index contributed by atoms with van der Waals surface area (Å²) in [7, 11) is 0. The molecule has 0 aromatic carbocycles. The van der Waals surface area contributed by atoms with E-state index >= 15 is 0 Å². The average molecular weight is 238 g/mol. The second-order valence-electron chi connectivity index (χ2n) is 7.01. The van der Waals surface area contributed by atoms with Gasteiger partial charge in [0.15, 0.2) is 0 Å². The molecule has 1 N–H and O–H groups in total. The lowest BCUT2D eigenvalue weighted by atomic mass is 9.79. The Morgan fingerprint density at radius 2 is 1.76 bits per heavy atom. The van der Waals surface area contributed by atoms with Crippen LogP contribution in [0.2, 0.25) is 0 Å². The highest BCUT2D eigenvalue weighted by Crippen LogP contribution is 2.37. The van der Waals surface area contributed by atoms with Gasteiger partial charge in [-0.2, -0.15) is 0 Å². The third-order valence-corrected chi connectivity index (χ3v) is 4.92. The lowest BCUT2D eigenvalue weighted by molar-refractivity contribution is -0.0210. The minimum Gasteiger partial charge on any atom is -0.309 e. The summed E-state index contributed by atoms with van der Waals surface area (Å²) in [5, 5.41) is 3.70. The highest BCUT2D eigenvalue weighted by atomic mass is 15.3. The fraction of sp³-hybridized carbons (Fsp3) is 1.00. The number of rotatable bonds is 2. The van der Waals surface area contributed by atoms with Crippen LogP contribution in [0.15, 0.2) is 0 Å². The van der Waals surface area contributed by atoms with E-state index in [4.69, 9.17) is 0 Å². The summed E-state index contributed by atoms with van der Waals surface area (Å²) in [5.41, 5.74) is 0.754. The van der Waals surface area contributed by atoms with Crippen LogP contribution < -0.4 is 5.32 Å². The zero-order valence-electron chi connectivity index (χ0n) is 12.2. The number of piperazine rings is 1. The molecule has 2 rings (SSSR count). The molecule has 0 bridgehead atoms. The SMILES string of the molecule is CCC1CNC(C)(C)CN1C1(C)CCCCC1. The smallest absolute Gasteiger partial charge is 0.0253 e. The fourth-order valence-electron chi connectivity index (χ4n) is 3.71. The Kier molecular flexibility index (Phi) is 3.84. The molecule has 1 aliphatic heterocycles. The maximum absolute atomic E-state index is 3.70. The van der Waals surface area contributed by atoms with Crippen LogP contribution in [0.5, 0.6) is 0 Å². The monoisotopic (exact) mass is 238 g/mol. The summed E-state index contributed by atoms with van der Waals surface area (Å²) in [4.78, 5) is 2.84.